The zero-order chi connectivity index (χ0) is 14.6. The van der Waals surface area contributed by atoms with Crippen LogP contribution in [0.2, 0.25) is 0 Å². The lowest BCUT2D eigenvalue weighted by Crippen LogP contribution is -2.21. The van der Waals surface area contributed by atoms with Gasteiger partial charge >= 0.3 is 6.18 Å². The number of likely N-dealkylation sites (N-methyl/N-ethyl adjacent to an activating group) is 1. The van der Waals surface area contributed by atoms with Crippen molar-refractivity contribution >= 4 is 5.84 Å². The zero-order valence-corrected chi connectivity index (χ0v) is 10.7. The Balaban J connectivity index is 2.94. The number of hydrogen-bond acceptors (Lipinski definition) is 3. The van der Waals surface area contributed by atoms with Gasteiger partial charge in [0.25, 0.3) is 0 Å². The molecule has 0 bridgehead atoms. The maximum atomic E-state index is 12.7. The fraction of sp³-hybridized carbons (Fsp3) is 0.417. The summed E-state index contributed by atoms with van der Waals surface area (Å²) in [6, 6.07) is 3.24. The molecule has 1 aromatic carbocycles. The average Bonchev–Trinajstić information content (AvgIpc) is 2.26. The Labute approximate surface area is 109 Å². The van der Waals surface area contributed by atoms with E-state index in [-0.39, 0.29) is 11.3 Å². The maximum Gasteiger partial charge on any atom is 0.417 e. The minimum atomic E-state index is -4.54. The molecule has 4 nitrogen and oxygen atoms in total. The Morgan fingerprint density at radius 3 is 2.47 bits per heavy atom. The molecule has 0 saturated heterocycles. The van der Waals surface area contributed by atoms with E-state index in [1.54, 1.807) is 0 Å². The van der Waals surface area contributed by atoms with E-state index in [1.165, 1.54) is 6.07 Å². The number of ether oxygens (including phenoxy) is 1. The van der Waals surface area contributed by atoms with E-state index < -0.39 is 17.6 Å². The Morgan fingerprint density at radius 1 is 1.37 bits per heavy atom. The van der Waals surface area contributed by atoms with Crippen LogP contribution < -0.4 is 10.5 Å². The molecule has 106 valence electrons. The normalized spacial score (nSPS) is 11.7. The van der Waals surface area contributed by atoms with Gasteiger partial charge in [-0.25, -0.2) is 0 Å². The summed E-state index contributed by atoms with van der Waals surface area (Å²) in [5.74, 6) is -0.370. The highest BCUT2D eigenvalue weighted by Crippen LogP contribution is 2.33. The van der Waals surface area contributed by atoms with E-state index in [9.17, 15) is 13.2 Å². The lowest BCUT2D eigenvalue weighted by atomic mass is 10.1. The second-order valence-electron chi connectivity index (χ2n) is 4.27. The molecule has 1 aromatic rings. The summed E-state index contributed by atoms with van der Waals surface area (Å²) >= 11 is 0. The Bertz CT molecular complexity index is 458. The first-order valence-corrected chi connectivity index (χ1v) is 5.55. The summed E-state index contributed by atoms with van der Waals surface area (Å²) in [7, 11) is 3.72. The average molecular weight is 275 g/mol. The number of hydrogen-bond donors (Lipinski definition) is 2. The van der Waals surface area contributed by atoms with Gasteiger partial charge in [0.15, 0.2) is 0 Å². The lowest BCUT2D eigenvalue weighted by Gasteiger charge is -2.15. The minimum Gasteiger partial charge on any atom is -0.492 e. The first-order valence-electron chi connectivity index (χ1n) is 5.55. The lowest BCUT2D eigenvalue weighted by molar-refractivity contribution is -0.137. The first-order chi connectivity index (χ1) is 8.71. The number of halogens is 3. The molecule has 0 aliphatic rings. The summed E-state index contributed by atoms with van der Waals surface area (Å²) in [4.78, 5) is 1.88. The van der Waals surface area contributed by atoms with Crippen molar-refractivity contribution in [1.82, 2.24) is 4.90 Å². The molecule has 0 heterocycles. The molecular weight excluding hydrogens is 259 g/mol. The van der Waals surface area contributed by atoms with Gasteiger partial charge in [0.2, 0.25) is 0 Å². The molecule has 0 amide bonds. The van der Waals surface area contributed by atoms with Crippen molar-refractivity contribution in [2.75, 3.05) is 27.2 Å². The molecule has 0 aliphatic carbocycles. The summed E-state index contributed by atoms with van der Waals surface area (Å²) in [5.41, 5.74) is 3.88. The zero-order valence-electron chi connectivity index (χ0n) is 10.7. The summed E-state index contributed by atoms with van der Waals surface area (Å²) < 4.78 is 43.4. The molecule has 7 heteroatoms. The van der Waals surface area contributed by atoms with Crippen molar-refractivity contribution in [2.24, 2.45) is 5.73 Å². The van der Waals surface area contributed by atoms with Crippen LogP contribution in [0, 0.1) is 5.41 Å². The number of nitrogens with two attached hydrogens (primary N) is 1. The molecule has 0 unspecified atom stereocenters. The number of alkyl halides is 3. The maximum absolute atomic E-state index is 12.7. The molecule has 3 N–H and O–H groups in total. The number of nitrogens with one attached hydrogen (secondary N) is 1. The van der Waals surface area contributed by atoms with E-state index in [1.807, 2.05) is 19.0 Å². The number of nitrogen functional groups attached to an aromatic ring is 1. The smallest absolute Gasteiger partial charge is 0.417 e. The Hall–Kier alpha value is -1.76. The van der Waals surface area contributed by atoms with Gasteiger partial charge in [0.1, 0.15) is 18.2 Å². The monoisotopic (exact) mass is 275 g/mol. The van der Waals surface area contributed by atoms with Gasteiger partial charge in [0, 0.05) is 12.1 Å². The van der Waals surface area contributed by atoms with E-state index >= 15 is 0 Å². The van der Waals surface area contributed by atoms with Crippen molar-refractivity contribution in [3.8, 4) is 5.75 Å². The fourth-order valence-corrected chi connectivity index (χ4v) is 1.43. The van der Waals surface area contributed by atoms with E-state index in [0.29, 0.717) is 13.2 Å². The van der Waals surface area contributed by atoms with Crippen LogP contribution in [-0.2, 0) is 6.18 Å². The molecule has 0 fully saturated rings. The van der Waals surface area contributed by atoms with Gasteiger partial charge in [-0.2, -0.15) is 13.2 Å². The predicted octanol–water partition coefficient (Wildman–Crippen LogP) is 1.93. The highest BCUT2D eigenvalue weighted by Gasteiger charge is 2.34. The van der Waals surface area contributed by atoms with Gasteiger partial charge in [-0.05, 0) is 32.3 Å². The summed E-state index contributed by atoms with van der Waals surface area (Å²) in [6.45, 7) is 0.978. The predicted molar refractivity (Wildman–Crippen MR) is 66.5 cm³/mol. The highest BCUT2D eigenvalue weighted by molar-refractivity contribution is 5.97. The van der Waals surface area contributed by atoms with Gasteiger partial charge in [-0.3, -0.25) is 5.41 Å². The van der Waals surface area contributed by atoms with Crippen LogP contribution in [0.25, 0.3) is 0 Å². The van der Waals surface area contributed by atoms with E-state index in [4.69, 9.17) is 15.9 Å². The van der Waals surface area contributed by atoms with Crippen molar-refractivity contribution < 1.29 is 17.9 Å². The second kappa shape index (κ2) is 5.92. The number of benzene rings is 1. The number of amidine groups is 1. The van der Waals surface area contributed by atoms with Gasteiger partial charge < -0.3 is 15.4 Å². The molecule has 0 aliphatic heterocycles. The van der Waals surface area contributed by atoms with Crippen LogP contribution in [0.3, 0.4) is 0 Å². The van der Waals surface area contributed by atoms with Crippen LogP contribution in [0.15, 0.2) is 18.2 Å². The molecule has 0 atom stereocenters. The largest absolute Gasteiger partial charge is 0.492 e. The van der Waals surface area contributed by atoms with Crippen LogP contribution in [0.4, 0.5) is 13.2 Å². The van der Waals surface area contributed by atoms with Gasteiger partial charge in [-0.15, -0.1) is 0 Å². The fourth-order valence-electron chi connectivity index (χ4n) is 1.43. The standard InChI is InChI=1S/C12H16F3N3O/c1-18(2)5-6-19-8-3-4-10(12(13,14)15)9(7-8)11(16)17/h3-4,7H,5-6H2,1-2H3,(H3,16,17). The summed E-state index contributed by atoms with van der Waals surface area (Å²) in [6.07, 6.45) is -4.54. The van der Waals surface area contributed by atoms with Crippen LogP contribution in [-0.4, -0.2) is 38.0 Å². The van der Waals surface area contributed by atoms with Crippen LogP contribution >= 0.6 is 0 Å². The van der Waals surface area contributed by atoms with Crippen molar-refractivity contribution in [2.45, 2.75) is 6.18 Å². The third-order valence-electron chi connectivity index (χ3n) is 2.39. The van der Waals surface area contributed by atoms with Crippen molar-refractivity contribution in [3.63, 3.8) is 0 Å². The number of nitrogens with zero attached hydrogens (tertiary/aromatic N) is 1. The number of rotatable bonds is 5. The first kappa shape index (κ1) is 15.3. The molecule has 19 heavy (non-hydrogen) atoms. The van der Waals surface area contributed by atoms with E-state index in [2.05, 4.69) is 0 Å². The topological polar surface area (TPSA) is 62.3 Å². The molecule has 0 spiro atoms. The SMILES string of the molecule is CN(C)CCOc1ccc(C(F)(F)F)c(C(=N)N)c1. The molecule has 1 rings (SSSR count). The third-order valence-corrected chi connectivity index (χ3v) is 2.39. The summed E-state index contributed by atoms with van der Waals surface area (Å²) in [5, 5.41) is 7.21. The molecule has 0 saturated carbocycles. The second-order valence-corrected chi connectivity index (χ2v) is 4.27. The Morgan fingerprint density at radius 2 is 2.00 bits per heavy atom. The van der Waals surface area contributed by atoms with Crippen molar-refractivity contribution in [3.05, 3.63) is 29.3 Å². The quantitative estimate of drug-likeness (QED) is 0.637. The minimum absolute atomic E-state index is 0.264. The van der Waals surface area contributed by atoms with Gasteiger partial charge in [0.05, 0.1) is 5.56 Å². The van der Waals surface area contributed by atoms with E-state index in [0.717, 1.165) is 12.1 Å². The highest BCUT2D eigenvalue weighted by atomic mass is 19.4. The van der Waals surface area contributed by atoms with Gasteiger partial charge in [-0.1, -0.05) is 0 Å². The molecular formula is C12H16F3N3O. The Kier molecular flexibility index (Phi) is 4.77. The third kappa shape index (κ3) is 4.44. The van der Waals surface area contributed by atoms with Crippen molar-refractivity contribution in [1.29, 1.82) is 5.41 Å². The molecule has 0 aromatic heterocycles. The molecule has 0 radical (unpaired) electrons. The van der Waals surface area contributed by atoms with Crippen LogP contribution in [0.1, 0.15) is 11.1 Å². The van der Waals surface area contributed by atoms with Crippen LogP contribution in [0.5, 0.6) is 5.75 Å².